The lowest BCUT2D eigenvalue weighted by atomic mass is 10.2. The number of aromatic amines is 1. The minimum absolute atomic E-state index is 0.104. The summed E-state index contributed by atoms with van der Waals surface area (Å²) >= 11 is 0. The zero-order valence-corrected chi connectivity index (χ0v) is 11.0. The first kappa shape index (κ1) is 13.6. The summed E-state index contributed by atoms with van der Waals surface area (Å²) in [5, 5.41) is 15.4. The predicted molar refractivity (Wildman–Crippen MR) is 71.7 cm³/mol. The standard InChI is InChI=1S/C14H14N4O2/c1-18(9-11-7-16-17-8-11)14(19)10-20-13-5-3-2-4-12(13)6-15/h2-5,7-8H,9-10H2,1H3,(H,16,17). The van der Waals surface area contributed by atoms with Gasteiger partial charge in [-0.2, -0.15) is 10.4 Å². The number of nitriles is 1. The number of hydrogen-bond donors (Lipinski definition) is 1. The van der Waals surface area contributed by atoms with Crippen LogP contribution in [-0.4, -0.2) is 34.7 Å². The highest BCUT2D eigenvalue weighted by Crippen LogP contribution is 2.16. The Morgan fingerprint density at radius 2 is 2.30 bits per heavy atom. The monoisotopic (exact) mass is 270 g/mol. The molecule has 0 aliphatic carbocycles. The molecular weight excluding hydrogens is 256 g/mol. The molecule has 6 nitrogen and oxygen atoms in total. The van der Waals surface area contributed by atoms with E-state index in [1.54, 1.807) is 48.6 Å². The van der Waals surface area contributed by atoms with Gasteiger partial charge in [0.1, 0.15) is 11.8 Å². The summed E-state index contributed by atoms with van der Waals surface area (Å²) in [5.74, 6) is 0.249. The maximum absolute atomic E-state index is 11.9. The molecule has 1 heterocycles. The highest BCUT2D eigenvalue weighted by atomic mass is 16.5. The van der Waals surface area contributed by atoms with E-state index in [0.717, 1.165) is 5.56 Å². The van der Waals surface area contributed by atoms with Crippen LogP contribution in [0.2, 0.25) is 0 Å². The summed E-state index contributed by atoms with van der Waals surface area (Å²) in [6.45, 7) is 0.353. The normalized spacial score (nSPS) is 9.80. The molecule has 20 heavy (non-hydrogen) atoms. The van der Waals surface area contributed by atoms with Crippen LogP contribution in [0, 0.1) is 11.3 Å². The summed E-state index contributed by atoms with van der Waals surface area (Å²) < 4.78 is 5.39. The number of benzene rings is 1. The first-order valence-electron chi connectivity index (χ1n) is 6.04. The van der Waals surface area contributed by atoms with Gasteiger partial charge in [-0.25, -0.2) is 0 Å². The lowest BCUT2D eigenvalue weighted by Crippen LogP contribution is -2.30. The molecule has 1 amide bonds. The Morgan fingerprint density at radius 1 is 1.50 bits per heavy atom. The second-order valence-electron chi connectivity index (χ2n) is 4.25. The van der Waals surface area contributed by atoms with Crippen molar-refractivity contribution in [3.8, 4) is 11.8 Å². The Hall–Kier alpha value is -2.81. The first-order chi connectivity index (χ1) is 9.70. The van der Waals surface area contributed by atoms with Crippen LogP contribution in [0.5, 0.6) is 5.75 Å². The molecule has 1 aromatic carbocycles. The van der Waals surface area contributed by atoms with Gasteiger partial charge in [-0.1, -0.05) is 12.1 Å². The number of rotatable bonds is 5. The Labute approximate surface area is 116 Å². The Bertz CT molecular complexity index is 616. The van der Waals surface area contributed by atoms with E-state index in [2.05, 4.69) is 10.2 Å². The molecule has 0 aliphatic heterocycles. The molecule has 0 atom stereocenters. The number of carbonyl (C=O) groups is 1. The molecule has 2 rings (SSSR count). The predicted octanol–water partition coefficient (Wildman–Crippen LogP) is 1.32. The molecule has 0 radical (unpaired) electrons. The van der Waals surface area contributed by atoms with Crippen molar-refractivity contribution in [2.75, 3.05) is 13.7 Å². The molecule has 2 aromatic rings. The van der Waals surface area contributed by atoms with Crippen LogP contribution >= 0.6 is 0 Å². The Balaban J connectivity index is 1.90. The molecule has 0 aliphatic rings. The van der Waals surface area contributed by atoms with Gasteiger partial charge < -0.3 is 9.64 Å². The molecule has 1 aromatic heterocycles. The van der Waals surface area contributed by atoms with Gasteiger partial charge >= 0.3 is 0 Å². The minimum Gasteiger partial charge on any atom is -0.482 e. The number of hydrogen-bond acceptors (Lipinski definition) is 4. The van der Waals surface area contributed by atoms with Crippen LogP contribution in [0.15, 0.2) is 36.7 Å². The van der Waals surface area contributed by atoms with Crippen molar-refractivity contribution in [3.63, 3.8) is 0 Å². The number of para-hydroxylation sites is 1. The lowest BCUT2D eigenvalue weighted by molar-refractivity contribution is -0.132. The molecule has 0 unspecified atom stereocenters. The second kappa shape index (κ2) is 6.38. The van der Waals surface area contributed by atoms with E-state index in [-0.39, 0.29) is 12.5 Å². The van der Waals surface area contributed by atoms with Crippen LogP contribution < -0.4 is 4.74 Å². The van der Waals surface area contributed by atoms with Crippen molar-refractivity contribution in [1.82, 2.24) is 15.1 Å². The van der Waals surface area contributed by atoms with Gasteiger partial charge in [0.25, 0.3) is 5.91 Å². The molecular formula is C14H14N4O2. The average Bonchev–Trinajstić information content (AvgIpc) is 2.97. The zero-order chi connectivity index (χ0) is 14.4. The summed E-state index contributed by atoms with van der Waals surface area (Å²) in [5.41, 5.74) is 1.33. The highest BCUT2D eigenvalue weighted by Gasteiger charge is 2.11. The van der Waals surface area contributed by atoms with E-state index in [1.807, 2.05) is 6.07 Å². The second-order valence-corrected chi connectivity index (χ2v) is 4.25. The van der Waals surface area contributed by atoms with Crippen molar-refractivity contribution >= 4 is 5.91 Å². The maximum Gasteiger partial charge on any atom is 0.260 e. The number of aromatic nitrogens is 2. The van der Waals surface area contributed by atoms with Gasteiger partial charge in [-0.3, -0.25) is 9.89 Å². The minimum atomic E-state index is -0.168. The Kier molecular flexibility index (Phi) is 4.35. The number of ether oxygens (including phenoxy) is 1. The molecule has 0 saturated carbocycles. The van der Waals surface area contributed by atoms with Crippen LogP contribution in [0.4, 0.5) is 0 Å². The topological polar surface area (TPSA) is 82.0 Å². The third-order valence-corrected chi connectivity index (χ3v) is 2.76. The number of amides is 1. The number of nitrogens with one attached hydrogen (secondary N) is 1. The van der Waals surface area contributed by atoms with Crippen molar-refractivity contribution in [2.45, 2.75) is 6.54 Å². The SMILES string of the molecule is CN(Cc1cn[nH]c1)C(=O)COc1ccccc1C#N. The maximum atomic E-state index is 11.9. The van der Waals surface area contributed by atoms with Gasteiger partial charge in [-0.05, 0) is 12.1 Å². The van der Waals surface area contributed by atoms with Crippen LogP contribution in [0.25, 0.3) is 0 Å². The van der Waals surface area contributed by atoms with E-state index < -0.39 is 0 Å². The summed E-state index contributed by atoms with van der Waals surface area (Å²) in [6.07, 6.45) is 3.39. The van der Waals surface area contributed by atoms with Gasteiger partial charge in [-0.15, -0.1) is 0 Å². The van der Waals surface area contributed by atoms with E-state index in [9.17, 15) is 4.79 Å². The van der Waals surface area contributed by atoms with Gasteiger partial charge in [0.2, 0.25) is 0 Å². The third-order valence-electron chi connectivity index (χ3n) is 2.76. The quantitative estimate of drug-likeness (QED) is 0.888. The fourth-order valence-electron chi connectivity index (χ4n) is 1.66. The van der Waals surface area contributed by atoms with Gasteiger partial charge in [0.15, 0.2) is 6.61 Å². The highest BCUT2D eigenvalue weighted by molar-refractivity contribution is 5.77. The number of nitrogens with zero attached hydrogens (tertiary/aromatic N) is 3. The van der Waals surface area contributed by atoms with Gasteiger partial charge in [0, 0.05) is 25.4 Å². The van der Waals surface area contributed by atoms with E-state index in [1.165, 1.54) is 0 Å². The molecule has 0 bridgehead atoms. The van der Waals surface area contributed by atoms with Crippen molar-refractivity contribution in [3.05, 3.63) is 47.8 Å². The van der Waals surface area contributed by atoms with Gasteiger partial charge in [0.05, 0.1) is 11.8 Å². The number of H-pyrrole nitrogens is 1. The van der Waals surface area contributed by atoms with Crippen LogP contribution in [0.1, 0.15) is 11.1 Å². The fourth-order valence-corrected chi connectivity index (χ4v) is 1.66. The molecule has 0 saturated heterocycles. The summed E-state index contributed by atoms with van der Waals surface area (Å²) in [4.78, 5) is 13.5. The van der Waals surface area contributed by atoms with Crippen LogP contribution in [-0.2, 0) is 11.3 Å². The molecule has 0 spiro atoms. The van der Waals surface area contributed by atoms with Crippen molar-refractivity contribution in [1.29, 1.82) is 5.26 Å². The largest absolute Gasteiger partial charge is 0.482 e. The zero-order valence-electron chi connectivity index (χ0n) is 11.0. The van der Waals surface area contributed by atoms with Crippen LogP contribution in [0.3, 0.4) is 0 Å². The molecule has 6 heteroatoms. The smallest absolute Gasteiger partial charge is 0.260 e. The average molecular weight is 270 g/mol. The Morgan fingerprint density at radius 3 is 3.00 bits per heavy atom. The molecule has 1 N–H and O–H groups in total. The number of carbonyl (C=O) groups excluding carboxylic acids is 1. The lowest BCUT2D eigenvalue weighted by Gasteiger charge is -2.16. The molecule has 0 fully saturated rings. The number of likely N-dealkylation sites (N-methyl/N-ethyl adjacent to an activating group) is 1. The summed E-state index contributed by atoms with van der Waals surface area (Å²) in [6, 6.07) is 8.85. The third kappa shape index (κ3) is 3.36. The fraction of sp³-hybridized carbons (Fsp3) is 0.214. The summed E-state index contributed by atoms with van der Waals surface area (Å²) in [7, 11) is 1.69. The van der Waals surface area contributed by atoms with E-state index in [4.69, 9.17) is 10.00 Å². The van der Waals surface area contributed by atoms with Crippen molar-refractivity contribution < 1.29 is 9.53 Å². The van der Waals surface area contributed by atoms with E-state index in [0.29, 0.717) is 17.9 Å². The van der Waals surface area contributed by atoms with Crippen molar-refractivity contribution in [2.24, 2.45) is 0 Å². The first-order valence-corrected chi connectivity index (χ1v) is 6.04. The van der Waals surface area contributed by atoms with E-state index >= 15 is 0 Å². The molecule has 102 valence electrons.